The zero-order valence-corrected chi connectivity index (χ0v) is 10.0. The van der Waals surface area contributed by atoms with Gasteiger partial charge >= 0.3 is 0 Å². The molecule has 0 unspecified atom stereocenters. The number of halogens is 1. The number of hydrogen-bond acceptors (Lipinski definition) is 1. The van der Waals surface area contributed by atoms with Crippen LogP contribution in [-0.4, -0.2) is 0 Å². The predicted molar refractivity (Wildman–Crippen MR) is 66.6 cm³/mol. The fraction of sp³-hybridized carbons (Fsp3) is 0.200. The average Bonchev–Trinajstić information content (AvgIpc) is 2.33. The van der Waals surface area contributed by atoms with Crippen molar-refractivity contribution in [1.29, 1.82) is 0 Å². The van der Waals surface area contributed by atoms with E-state index in [0.29, 0.717) is 11.1 Å². The Hall–Kier alpha value is -1.83. The number of benzene rings is 2. The highest BCUT2D eigenvalue weighted by atomic mass is 19.1. The van der Waals surface area contributed by atoms with Crippen molar-refractivity contribution in [1.82, 2.24) is 0 Å². The largest absolute Gasteiger partial charge is 0.489 e. The number of rotatable bonds is 3. The summed E-state index contributed by atoms with van der Waals surface area (Å²) in [6.07, 6.45) is 0. The molecule has 2 aromatic rings. The Balaban J connectivity index is 2.07. The first kappa shape index (κ1) is 11.6. The minimum Gasteiger partial charge on any atom is -0.489 e. The van der Waals surface area contributed by atoms with Crippen molar-refractivity contribution in [3.8, 4) is 5.75 Å². The zero-order chi connectivity index (χ0) is 12.3. The number of hydrogen-bond donors (Lipinski definition) is 0. The van der Waals surface area contributed by atoms with Crippen LogP contribution in [0.4, 0.5) is 4.39 Å². The second kappa shape index (κ2) is 5.00. The first-order chi connectivity index (χ1) is 8.16. The lowest BCUT2D eigenvalue weighted by atomic mass is 10.1. The lowest BCUT2D eigenvalue weighted by molar-refractivity contribution is 0.299. The van der Waals surface area contributed by atoms with E-state index in [4.69, 9.17) is 4.74 Å². The molecule has 0 atom stereocenters. The third-order valence-electron chi connectivity index (χ3n) is 2.69. The fourth-order valence-corrected chi connectivity index (χ4v) is 1.62. The second-order valence-electron chi connectivity index (χ2n) is 4.15. The Morgan fingerprint density at radius 2 is 1.71 bits per heavy atom. The van der Waals surface area contributed by atoms with Crippen LogP contribution < -0.4 is 4.74 Å². The van der Waals surface area contributed by atoms with Crippen LogP contribution in [0.15, 0.2) is 42.5 Å². The summed E-state index contributed by atoms with van der Waals surface area (Å²) in [6, 6.07) is 13.1. The maximum absolute atomic E-state index is 13.7. The van der Waals surface area contributed by atoms with Crippen molar-refractivity contribution in [3.63, 3.8) is 0 Å². The van der Waals surface area contributed by atoms with Gasteiger partial charge in [-0.05, 0) is 31.5 Å². The standard InChI is InChI=1S/C15H15FO/c1-11-6-8-14(9-7-11)17-10-13-5-3-4-12(2)15(13)16/h3-9H,10H2,1-2H3. The van der Waals surface area contributed by atoms with Crippen molar-refractivity contribution in [2.75, 3.05) is 0 Å². The summed E-state index contributed by atoms with van der Waals surface area (Å²) in [7, 11) is 0. The smallest absolute Gasteiger partial charge is 0.132 e. The Morgan fingerprint density at radius 3 is 2.41 bits per heavy atom. The molecule has 0 saturated carbocycles. The number of ether oxygens (including phenoxy) is 1. The molecule has 0 aliphatic rings. The molecule has 0 fully saturated rings. The van der Waals surface area contributed by atoms with Gasteiger partial charge in [0.1, 0.15) is 18.2 Å². The SMILES string of the molecule is Cc1ccc(OCc2cccc(C)c2F)cc1. The molecular formula is C15H15FO. The molecule has 0 bridgehead atoms. The Bertz CT molecular complexity index is 503. The van der Waals surface area contributed by atoms with E-state index in [1.54, 1.807) is 19.1 Å². The van der Waals surface area contributed by atoms with Crippen molar-refractivity contribution in [3.05, 3.63) is 65.0 Å². The molecule has 0 spiro atoms. The molecule has 1 nitrogen and oxygen atoms in total. The Kier molecular flexibility index (Phi) is 3.43. The van der Waals surface area contributed by atoms with E-state index in [2.05, 4.69) is 0 Å². The van der Waals surface area contributed by atoms with Crippen molar-refractivity contribution in [2.45, 2.75) is 20.5 Å². The highest BCUT2D eigenvalue weighted by Crippen LogP contribution is 2.16. The minimum absolute atomic E-state index is 0.181. The lowest BCUT2D eigenvalue weighted by Gasteiger charge is -2.08. The number of aryl methyl sites for hydroxylation is 2. The molecule has 88 valence electrons. The van der Waals surface area contributed by atoms with Gasteiger partial charge in [-0.2, -0.15) is 0 Å². The Labute approximate surface area is 101 Å². The summed E-state index contributed by atoms with van der Waals surface area (Å²) < 4.78 is 19.2. The van der Waals surface area contributed by atoms with Crippen LogP contribution in [0.1, 0.15) is 16.7 Å². The van der Waals surface area contributed by atoms with Crippen LogP contribution in [0.5, 0.6) is 5.75 Å². The highest BCUT2D eigenvalue weighted by molar-refractivity contribution is 5.28. The van der Waals surface area contributed by atoms with Gasteiger partial charge in [0.05, 0.1) is 0 Å². The third kappa shape index (κ3) is 2.84. The Morgan fingerprint density at radius 1 is 1.00 bits per heavy atom. The van der Waals surface area contributed by atoms with E-state index in [1.807, 2.05) is 37.3 Å². The van der Waals surface area contributed by atoms with Crippen LogP contribution in [0.3, 0.4) is 0 Å². The molecule has 0 heterocycles. The second-order valence-corrected chi connectivity index (χ2v) is 4.15. The lowest BCUT2D eigenvalue weighted by Crippen LogP contribution is -1.99. The predicted octanol–water partition coefficient (Wildman–Crippen LogP) is 4.02. The molecule has 0 radical (unpaired) electrons. The van der Waals surface area contributed by atoms with Gasteiger partial charge in [-0.25, -0.2) is 4.39 Å². The van der Waals surface area contributed by atoms with E-state index >= 15 is 0 Å². The van der Waals surface area contributed by atoms with Gasteiger partial charge in [0.2, 0.25) is 0 Å². The van der Waals surface area contributed by atoms with E-state index < -0.39 is 0 Å². The average molecular weight is 230 g/mol. The first-order valence-corrected chi connectivity index (χ1v) is 5.60. The van der Waals surface area contributed by atoms with E-state index in [-0.39, 0.29) is 12.4 Å². The van der Waals surface area contributed by atoms with Crippen LogP contribution >= 0.6 is 0 Å². The summed E-state index contributed by atoms with van der Waals surface area (Å²) in [5, 5.41) is 0. The summed E-state index contributed by atoms with van der Waals surface area (Å²) >= 11 is 0. The van der Waals surface area contributed by atoms with Crippen LogP contribution in [0.2, 0.25) is 0 Å². The molecule has 0 aromatic heterocycles. The van der Waals surface area contributed by atoms with Crippen LogP contribution in [-0.2, 0) is 6.61 Å². The quantitative estimate of drug-likeness (QED) is 0.773. The summed E-state index contributed by atoms with van der Waals surface area (Å²) in [5.74, 6) is 0.580. The molecule has 0 saturated heterocycles. The molecule has 17 heavy (non-hydrogen) atoms. The van der Waals surface area contributed by atoms with Crippen LogP contribution in [0.25, 0.3) is 0 Å². The maximum atomic E-state index is 13.7. The van der Waals surface area contributed by atoms with Gasteiger partial charge in [0.15, 0.2) is 0 Å². The molecule has 2 aromatic carbocycles. The normalized spacial score (nSPS) is 10.3. The topological polar surface area (TPSA) is 9.23 Å². The van der Waals surface area contributed by atoms with Gasteiger partial charge in [-0.1, -0.05) is 35.9 Å². The molecule has 0 aliphatic carbocycles. The molecule has 2 heteroatoms. The summed E-state index contributed by atoms with van der Waals surface area (Å²) in [6.45, 7) is 4.03. The van der Waals surface area contributed by atoms with Crippen molar-refractivity contribution < 1.29 is 9.13 Å². The molecule has 0 N–H and O–H groups in total. The van der Waals surface area contributed by atoms with Crippen molar-refractivity contribution >= 4 is 0 Å². The van der Waals surface area contributed by atoms with E-state index in [1.165, 1.54) is 5.56 Å². The monoisotopic (exact) mass is 230 g/mol. The third-order valence-corrected chi connectivity index (χ3v) is 2.69. The summed E-state index contributed by atoms with van der Waals surface area (Å²) in [4.78, 5) is 0. The van der Waals surface area contributed by atoms with E-state index in [9.17, 15) is 4.39 Å². The van der Waals surface area contributed by atoms with Gasteiger partial charge in [-0.15, -0.1) is 0 Å². The fourth-order valence-electron chi connectivity index (χ4n) is 1.62. The molecule has 0 amide bonds. The molecule has 2 rings (SSSR count). The van der Waals surface area contributed by atoms with Gasteiger partial charge in [-0.3, -0.25) is 0 Å². The van der Waals surface area contributed by atoms with Crippen molar-refractivity contribution in [2.24, 2.45) is 0 Å². The zero-order valence-electron chi connectivity index (χ0n) is 10.0. The van der Waals surface area contributed by atoms with E-state index in [0.717, 1.165) is 5.75 Å². The highest BCUT2D eigenvalue weighted by Gasteiger charge is 2.05. The molecule has 0 aliphatic heterocycles. The summed E-state index contributed by atoms with van der Waals surface area (Å²) in [5.41, 5.74) is 2.42. The van der Waals surface area contributed by atoms with Crippen LogP contribution in [0, 0.1) is 19.7 Å². The van der Waals surface area contributed by atoms with Gasteiger partial charge in [0.25, 0.3) is 0 Å². The molecular weight excluding hydrogens is 215 g/mol. The van der Waals surface area contributed by atoms with Gasteiger partial charge in [0, 0.05) is 5.56 Å². The maximum Gasteiger partial charge on any atom is 0.132 e. The first-order valence-electron chi connectivity index (χ1n) is 5.60. The van der Waals surface area contributed by atoms with Gasteiger partial charge < -0.3 is 4.74 Å². The minimum atomic E-state index is -0.181.